The Morgan fingerprint density at radius 1 is 1.58 bits per heavy atom. The van der Waals surface area contributed by atoms with E-state index in [0.29, 0.717) is 0 Å². The summed E-state index contributed by atoms with van der Waals surface area (Å²) >= 11 is 0. The molecule has 1 aromatic heterocycles. The minimum Gasteiger partial charge on any atom is -0.394 e. The highest BCUT2D eigenvalue weighted by Crippen LogP contribution is 2.36. The van der Waals surface area contributed by atoms with Crippen LogP contribution in [-0.4, -0.2) is 38.6 Å². The van der Waals surface area contributed by atoms with Crippen LogP contribution in [0.25, 0.3) is 0 Å². The average molecular weight is 275 g/mol. The van der Waals surface area contributed by atoms with Crippen molar-refractivity contribution in [3.63, 3.8) is 0 Å². The second-order valence-corrected chi connectivity index (χ2v) is 3.91. The van der Waals surface area contributed by atoms with Crippen LogP contribution >= 0.6 is 0 Å². The molecule has 1 aliphatic rings. The van der Waals surface area contributed by atoms with Crippen molar-refractivity contribution in [1.82, 2.24) is 9.55 Å². The van der Waals surface area contributed by atoms with E-state index in [-0.39, 0.29) is 5.82 Å². The van der Waals surface area contributed by atoms with Crippen molar-refractivity contribution in [3.05, 3.63) is 34.4 Å². The van der Waals surface area contributed by atoms with E-state index in [4.69, 9.17) is 15.6 Å². The summed E-state index contributed by atoms with van der Waals surface area (Å²) in [6.07, 6.45) is -5.48. The molecule has 2 rings (SSSR count). The second-order valence-electron chi connectivity index (χ2n) is 3.91. The quantitative estimate of drug-likeness (QED) is 0.653. The summed E-state index contributed by atoms with van der Waals surface area (Å²) in [7, 11) is 0. The van der Waals surface area contributed by atoms with Crippen LogP contribution in [0.15, 0.2) is 28.7 Å². The number of hydrogen-bond acceptors (Lipinski definition) is 6. The van der Waals surface area contributed by atoms with Gasteiger partial charge in [0.2, 0.25) is 0 Å². The van der Waals surface area contributed by atoms with Gasteiger partial charge in [0.15, 0.2) is 6.23 Å². The van der Waals surface area contributed by atoms with Gasteiger partial charge in [-0.05, 0) is 6.07 Å². The van der Waals surface area contributed by atoms with E-state index in [1.807, 2.05) is 0 Å². The lowest BCUT2D eigenvalue weighted by molar-refractivity contribution is -0.0448. The first-order valence-corrected chi connectivity index (χ1v) is 5.29. The third-order valence-electron chi connectivity index (χ3n) is 2.74. The lowest BCUT2D eigenvalue weighted by Crippen LogP contribution is -2.28. The van der Waals surface area contributed by atoms with Gasteiger partial charge in [-0.3, -0.25) is 4.57 Å². The SMILES string of the molecule is Nc1ccn([C@@H]2O[C@H](CO)[C@@H](O)C2=C(F)F)c(=O)n1. The van der Waals surface area contributed by atoms with E-state index in [9.17, 15) is 18.7 Å². The smallest absolute Gasteiger partial charge is 0.351 e. The zero-order chi connectivity index (χ0) is 14.2. The van der Waals surface area contributed by atoms with Crippen molar-refractivity contribution in [3.8, 4) is 0 Å². The van der Waals surface area contributed by atoms with E-state index < -0.39 is 42.4 Å². The fraction of sp³-hybridized carbons (Fsp3) is 0.400. The van der Waals surface area contributed by atoms with E-state index >= 15 is 0 Å². The monoisotopic (exact) mass is 275 g/mol. The maximum Gasteiger partial charge on any atom is 0.351 e. The molecule has 0 aliphatic carbocycles. The average Bonchev–Trinajstić information content (AvgIpc) is 2.66. The predicted octanol–water partition coefficient (Wildman–Crippen LogP) is -0.773. The molecule has 3 atom stereocenters. The molecule has 19 heavy (non-hydrogen) atoms. The maximum atomic E-state index is 12.8. The van der Waals surface area contributed by atoms with Crippen LogP contribution in [0.2, 0.25) is 0 Å². The first kappa shape index (κ1) is 13.6. The number of hydrogen-bond donors (Lipinski definition) is 3. The third-order valence-corrected chi connectivity index (χ3v) is 2.74. The second kappa shape index (κ2) is 5.03. The lowest BCUT2D eigenvalue weighted by Gasteiger charge is -2.14. The fourth-order valence-electron chi connectivity index (χ4n) is 1.83. The highest BCUT2D eigenvalue weighted by Gasteiger charge is 2.43. The van der Waals surface area contributed by atoms with E-state index in [1.54, 1.807) is 0 Å². The Kier molecular flexibility index (Phi) is 3.60. The van der Waals surface area contributed by atoms with Crippen molar-refractivity contribution in [2.24, 2.45) is 0 Å². The molecule has 0 unspecified atom stereocenters. The Morgan fingerprint density at radius 3 is 2.79 bits per heavy atom. The minimum atomic E-state index is -2.17. The van der Waals surface area contributed by atoms with Crippen LogP contribution in [0.1, 0.15) is 6.23 Å². The largest absolute Gasteiger partial charge is 0.394 e. The molecule has 9 heteroatoms. The summed E-state index contributed by atoms with van der Waals surface area (Å²) in [6, 6.07) is 1.23. The Morgan fingerprint density at radius 2 is 2.26 bits per heavy atom. The zero-order valence-corrected chi connectivity index (χ0v) is 9.53. The van der Waals surface area contributed by atoms with Crippen LogP contribution in [0.3, 0.4) is 0 Å². The highest BCUT2D eigenvalue weighted by molar-refractivity contribution is 5.25. The Bertz CT molecular complexity index is 570. The molecule has 0 saturated carbocycles. The Hall–Kier alpha value is -1.84. The van der Waals surface area contributed by atoms with Crippen LogP contribution < -0.4 is 11.4 Å². The van der Waals surface area contributed by atoms with Gasteiger partial charge in [-0.15, -0.1) is 0 Å². The predicted molar refractivity (Wildman–Crippen MR) is 59.2 cm³/mol. The Labute approximate surface area is 105 Å². The first-order chi connectivity index (χ1) is 8.95. The summed E-state index contributed by atoms with van der Waals surface area (Å²) in [6.45, 7) is -0.661. The van der Waals surface area contributed by atoms with Crippen molar-refractivity contribution < 1.29 is 23.7 Å². The number of anilines is 1. The van der Waals surface area contributed by atoms with Gasteiger partial charge in [0.25, 0.3) is 6.08 Å². The Balaban J connectivity index is 2.49. The third kappa shape index (κ3) is 2.35. The van der Waals surface area contributed by atoms with Gasteiger partial charge in [-0.25, -0.2) is 4.79 Å². The number of ether oxygens (including phenoxy) is 1. The summed E-state index contributed by atoms with van der Waals surface area (Å²) in [5.41, 5.74) is 3.62. The normalized spacial score (nSPS) is 26.7. The van der Waals surface area contributed by atoms with Gasteiger partial charge in [-0.2, -0.15) is 13.8 Å². The molecule has 1 saturated heterocycles. The van der Waals surface area contributed by atoms with Crippen LogP contribution in [0, 0.1) is 0 Å². The van der Waals surface area contributed by atoms with E-state index in [0.717, 1.165) is 10.8 Å². The van der Waals surface area contributed by atoms with E-state index in [2.05, 4.69) is 4.98 Å². The van der Waals surface area contributed by atoms with Crippen LogP contribution in [0.4, 0.5) is 14.6 Å². The standard InChI is InChI=1S/C10H11F2N3O4/c11-8(12)6-7(17)4(3-16)19-9(6)15-2-1-5(13)14-10(15)18/h1-2,4,7,9,16-17H,3H2,(H2,13,14,18)/t4-,7-,9-/m1/s1. The van der Waals surface area contributed by atoms with Gasteiger partial charge in [0.1, 0.15) is 18.0 Å². The molecule has 1 aliphatic heterocycles. The molecular weight excluding hydrogens is 264 g/mol. The number of aliphatic hydroxyl groups is 2. The highest BCUT2D eigenvalue weighted by atomic mass is 19.3. The molecule has 1 fully saturated rings. The summed E-state index contributed by atoms with van der Waals surface area (Å²) < 4.78 is 31.5. The molecule has 2 heterocycles. The topological polar surface area (TPSA) is 111 Å². The van der Waals surface area contributed by atoms with Gasteiger partial charge in [0, 0.05) is 6.20 Å². The summed E-state index contributed by atoms with van der Waals surface area (Å²) in [5, 5.41) is 18.6. The van der Waals surface area contributed by atoms with Gasteiger partial charge in [0.05, 0.1) is 12.2 Å². The summed E-state index contributed by atoms with van der Waals surface area (Å²) in [4.78, 5) is 15.0. The molecule has 4 N–H and O–H groups in total. The number of halogens is 2. The maximum absolute atomic E-state index is 12.8. The number of rotatable bonds is 2. The molecule has 7 nitrogen and oxygen atoms in total. The molecule has 0 spiro atoms. The minimum absolute atomic E-state index is 0.0650. The van der Waals surface area contributed by atoms with Crippen molar-refractivity contribution in [1.29, 1.82) is 0 Å². The lowest BCUT2D eigenvalue weighted by atomic mass is 10.1. The molecule has 0 amide bonds. The summed E-state index contributed by atoms with van der Waals surface area (Å²) in [5.74, 6) is -0.0650. The molecule has 0 radical (unpaired) electrons. The first-order valence-electron chi connectivity index (χ1n) is 5.29. The number of aliphatic hydroxyl groups excluding tert-OH is 2. The van der Waals surface area contributed by atoms with Crippen LogP contribution in [-0.2, 0) is 4.74 Å². The molecule has 0 bridgehead atoms. The van der Waals surface area contributed by atoms with Crippen molar-refractivity contribution >= 4 is 5.82 Å². The zero-order valence-electron chi connectivity index (χ0n) is 9.53. The molecule has 104 valence electrons. The van der Waals surface area contributed by atoms with Gasteiger partial charge < -0.3 is 20.7 Å². The fourth-order valence-corrected chi connectivity index (χ4v) is 1.83. The number of nitrogens with zero attached hydrogens (tertiary/aromatic N) is 2. The van der Waals surface area contributed by atoms with Gasteiger partial charge in [-0.1, -0.05) is 0 Å². The number of nitrogens with two attached hydrogens (primary N) is 1. The molecule has 1 aromatic rings. The molecule has 0 aromatic carbocycles. The number of aromatic nitrogens is 2. The van der Waals surface area contributed by atoms with Crippen molar-refractivity contribution in [2.45, 2.75) is 18.4 Å². The molecular formula is C10H11F2N3O4. The van der Waals surface area contributed by atoms with E-state index in [1.165, 1.54) is 6.07 Å². The van der Waals surface area contributed by atoms with Crippen molar-refractivity contribution in [2.75, 3.05) is 12.3 Å². The number of nitrogen functional groups attached to an aromatic ring is 1. The van der Waals surface area contributed by atoms with Crippen LogP contribution in [0.5, 0.6) is 0 Å². The van der Waals surface area contributed by atoms with Gasteiger partial charge >= 0.3 is 5.69 Å².